The van der Waals surface area contributed by atoms with Gasteiger partial charge in [-0.25, -0.2) is 0 Å². The van der Waals surface area contributed by atoms with Gasteiger partial charge in [-0.2, -0.15) is 0 Å². The summed E-state index contributed by atoms with van der Waals surface area (Å²) in [6, 6.07) is 7.84. The van der Waals surface area contributed by atoms with Gasteiger partial charge in [-0.3, -0.25) is 0 Å². The van der Waals surface area contributed by atoms with Gasteiger partial charge in [0, 0.05) is 0 Å². The molecule has 0 aliphatic carbocycles. The summed E-state index contributed by atoms with van der Waals surface area (Å²) in [6.07, 6.45) is 0.381. The van der Waals surface area contributed by atoms with Gasteiger partial charge >= 0.3 is 97.4 Å². The summed E-state index contributed by atoms with van der Waals surface area (Å²) in [5, 5.41) is 0. The molecule has 5 nitrogen and oxygen atoms in total. The first-order chi connectivity index (χ1) is 6.65. The maximum Gasteiger partial charge on any atom is -0.870 e. The first-order valence-corrected chi connectivity index (χ1v) is 5.87. The molecule has 0 aliphatic heterocycles. The van der Waals surface area contributed by atoms with Crippen LogP contribution in [0.25, 0.3) is 0 Å². The number of benzene rings is 1. The number of anilines is 1. The van der Waals surface area contributed by atoms with Gasteiger partial charge in [0.05, 0.1) is 0 Å². The van der Waals surface area contributed by atoms with E-state index in [1.165, 1.54) is 4.40 Å². The van der Waals surface area contributed by atoms with E-state index in [1.807, 2.05) is 40.8 Å². The third kappa shape index (κ3) is 6.65. The second kappa shape index (κ2) is 10.6. The average Bonchev–Trinajstić information content (AvgIpc) is 2.18. The zero-order valence-corrected chi connectivity index (χ0v) is 12.2. The molecule has 0 aliphatic rings. The molecule has 0 radical (unpaired) electrons. The maximum absolute atomic E-state index is 11.5. The Morgan fingerprint density at radius 2 is 1.71 bits per heavy atom. The van der Waals surface area contributed by atoms with Gasteiger partial charge in [-0.05, 0) is 0 Å². The number of hydrogen-bond donors (Lipinski definition) is 0. The van der Waals surface area contributed by atoms with Crippen LogP contribution in [-0.4, -0.2) is 51.8 Å². The first kappa shape index (κ1) is 21.7. The Kier molecular flexibility index (Phi) is 13.4. The van der Waals surface area contributed by atoms with Crippen LogP contribution in [0.1, 0.15) is 6.42 Å². The van der Waals surface area contributed by atoms with E-state index in [4.69, 9.17) is 11.6 Å². The Hall–Kier alpha value is -0.597. The number of hydrogen-bond acceptors (Lipinski definition) is 4. The predicted molar refractivity (Wildman–Crippen MR) is 66.4 cm³/mol. The van der Waals surface area contributed by atoms with E-state index in [0.29, 0.717) is 12.3 Å². The molecule has 1 amide bonds. The van der Waals surface area contributed by atoms with Crippen LogP contribution >= 0.6 is 11.6 Å². The standard InChI is InChI=1S/C10H11ClGeNO.3H2O/c1-13(10(14)6-7-11)9-4-2-8(12)3-5-9;;;/h2-5H,6-7H2,1H3;3*1H2/q+3;;;/p-3. The van der Waals surface area contributed by atoms with Gasteiger partial charge in [-0.1, -0.05) is 0 Å². The van der Waals surface area contributed by atoms with Crippen molar-refractivity contribution in [1.82, 2.24) is 0 Å². The van der Waals surface area contributed by atoms with E-state index >= 15 is 0 Å². The summed E-state index contributed by atoms with van der Waals surface area (Å²) >= 11 is 7.52. The van der Waals surface area contributed by atoms with E-state index in [1.54, 1.807) is 11.9 Å². The Balaban J connectivity index is -0.000000653. The van der Waals surface area contributed by atoms with Crippen LogP contribution in [0, 0.1) is 0 Å². The summed E-state index contributed by atoms with van der Waals surface area (Å²) in [5.74, 6) is 0.415. The van der Waals surface area contributed by atoms with Gasteiger partial charge < -0.3 is 16.4 Å². The number of carbonyl (C=O) groups is 1. The van der Waals surface area contributed by atoms with Crippen molar-refractivity contribution in [1.29, 1.82) is 0 Å². The quantitative estimate of drug-likeness (QED) is 0.598. The SMILES string of the molecule is CN(C(=O)CCCl)c1cc[c]([Ge+3])cc1.[OH-].[OH-].[OH-]. The first-order valence-electron chi connectivity index (χ1n) is 4.29. The molecule has 7 heteroatoms. The summed E-state index contributed by atoms with van der Waals surface area (Å²) in [6.45, 7) is 0. The third-order valence-corrected chi connectivity index (χ3v) is 2.83. The normalized spacial score (nSPS) is 8.24. The van der Waals surface area contributed by atoms with Crippen LogP contribution in [0.3, 0.4) is 0 Å². The van der Waals surface area contributed by atoms with Crippen LogP contribution in [0.5, 0.6) is 0 Å². The molecule has 1 aromatic rings. The van der Waals surface area contributed by atoms with Crippen molar-refractivity contribution >= 4 is 44.1 Å². The maximum atomic E-state index is 11.5. The molecular formula is C10H14ClGeNO4. The van der Waals surface area contributed by atoms with Crippen molar-refractivity contribution in [2.45, 2.75) is 6.42 Å². The Morgan fingerprint density at radius 3 is 2.12 bits per heavy atom. The molecule has 1 aromatic carbocycles. The van der Waals surface area contributed by atoms with Gasteiger partial charge in [0.25, 0.3) is 0 Å². The molecule has 0 saturated heterocycles. The van der Waals surface area contributed by atoms with Crippen LogP contribution in [0.15, 0.2) is 24.3 Å². The fourth-order valence-corrected chi connectivity index (χ4v) is 1.59. The smallest absolute Gasteiger partial charge is 0.870 e. The minimum absolute atomic E-state index is 0. The number of rotatable bonds is 3. The van der Waals surface area contributed by atoms with Crippen molar-refractivity contribution in [2.24, 2.45) is 0 Å². The van der Waals surface area contributed by atoms with E-state index in [0.717, 1.165) is 5.69 Å². The summed E-state index contributed by atoms with van der Waals surface area (Å²) in [4.78, 5) is 13.1. The summed E-state index contributed by atoms with van der Waals surface area (Å²) in [7, 11) is 1.76. The van der Waals surface area contributed by atoms with Gasteiger partial charge in [0.2, 0.25) is 0 Å². The predicted octanol–water partition coefficient (Wildman–Crippen LogP) is 0.542. The Bertz CT molecular complexity index is 321. The zero-order chi connectivity index (χ0) is 10.6. The summed E-state index contributed by atoms with van der Waals surface area (Å²) < 4.78 is 1.19. The molecule has 17 heavy (non-hydrogen) atoms. The van der Waals surface area contributed by atoms with Crippen molar-refractivity contribution in [3.8, 4) is 0 Å². The molecule has 0 atom stereocenters. The van der Waals surface area contributed by atoms with Gasteiger partial charge in [0.1, 0.15) is 0 Å². The fraction of sp³-hybridized carbons (Fsp3) is 0.300. The molecule has 0 fully saturated rings. The molecule has 1 rings (SSSR count). The second-order valence-electron chi connectivity index (χ2n) is 2.94. The van der Waals surface area contributed by atoms with Crippen molar-refractivity contribution in [3.05, 3.63) is 24.3 Å². The van der Waals surface area contributed by atoms with E-state index < -0.39 is 0 Å². The molecule has 3 N–H and O–H groups in total. The van der Waals surface area contributed by atoms with E-state index in [9.17, 15) is 4.79 Å². The van der Waals surface area contributed by atoms with Gasteiger partial charge in [0.15, 0.2) is 0 Å². The molecule has 0 spiro atoms. The molecule has 0 heterocycles. The number of amides is 1. The summed E-state index contributed by atoms with van der Waals surface area (Å²) in [5.41, 5.74) is 0.908. The topological polar surface area (TPSA) is 110 Å². The zero-order valence-electron chi connectivity index (χ0n) is 9.30. The number of halogens is 1. The Labute approximate surface area is 114 Å². The van der Waals surface area contributed by atoms with Crippen molar-refractivity contribution in [3.63, 3.8) is 0 Å². The van der Waals surface area contributed by atoms with E-state index in [2.05, 4.69) is 0 Å². The van der Waals surface area contributed by atoms with Crippen LogP contribution in [0.2, 0.25) is 0 Å². The molecule has 0 unspecified atom stereocenters. The molecule has 0 bridgehead atoms. The molecular weight excluding hydrogens is 306 g/mol. The largest absolute Gasteiger partial charge is 0.870 e. The molecule has 0 aromatic heterocycles. The van der Waals surface area contributed by atoms with Crippen LogP contribution < -0.4 is 9.30 Å². The molecule has 0 saturated carbocycles. The second-order valence-corrected chi connectivity index (χ2v) is 4.53. The number of alkyl halides is 1. The third-order valence-electron chi connectivity index (χ3n) is 1.94. The number of nitrogens with zero attached hydrogens (tertiary/aromatic N) is 1. The average molecular weight is 320 g/mol. The van der Waals surface area contributed by atoms with Crippen molar-refractivity contribution < 1.29 is 21.2 Å². The number of carbonyl (C=O) groups excluding carboxylic acids is 1. The minimum Gasteiger partial charge on any atom is -0.870 e. The van der Waals surface area contributed by atoms with Crippen LogP contribution in [0.4, 0.5) is 5.69 Å². The minimum atomic E-state index is 0. The Morgan fingerprint density at radius 1 is 1.24 bits per heavy atom. The fourth-order valence-electron chi connectivity index (χ4n) is 1.08. The van der Waals surface area contributed by atoms with Crippen molar-refractivity contribution in [2.75, 3.05) is 17.8 Å². The van der Waals surface area contributed by atoms with E-state index in [-0.39, 0.29) is 22.3 Å². The molecule has 94 valence electrons. The van der Waals surface area contributed by atoms with Crippen LogP contribution in [-0.2, 0) is 4.79 Å². The monoisotopic (exact) mass is 321 g/mol. The van der Waals surface area contributed by atoms with Gasteiger partial charge in [-0.15, -0.1) is 0 Å².